The Morgan fingerprint density at radius 1 is 1.05 bits per heavy atom. The quantitative estimate of drug-likeness (QED) is 0.783. The fraction of sp³-hybridized carbons (Fsp3) is 0.786. The fourth-order valence-corrected chi connectivity index (χ4v) is 1.27. The molecule has 0 saturated heterocycles. The van der Waals surface area contributed by atoms with Crippen molar-refractivity contribution in [3.63, 3.8) is 0 Å². The van der Waals surface area contributed by atoms with Gasteiger partial charge in [-0.05, 0) is 48.0 Å². The third-order valence-corrected chi connectivity index (χ3v) is 1.89. The number of hydrogen-bond acceptors (Lipinski definition) is 5. The maximum absolute atomic E-state index is 11.5. The highest BCUT2D eigenvalue weighted by atomic mass is 16.6. The average molecular weight is 286 g/mol. The van der Waals surface area contributed by atoms with Gasteiger partial charge in [0.2, 0.25) is 6.29 Å². The number of carbonyl (C=O) groups is 2. The van der Waals surface area contributed by atoms with Gasteiger partial charge in [0.05, 0.1) is 6.04 Å². The zero-order chi connectivity index (χ0) is 16.0. The first kappa shape index (κ1) is 18.4. The largest absolute Gasteiger partial charge is 0.460 e. The van der Waals surface area contributed by atoms with Crippen LogP contribution in [-0.4, -0.2) is 35.6 Å². The van der Waals surface area contributed by atoms with Gasteiger partial charge >= 0.3 is 12.1 Å². The monoisotopic (exact) mass is 286 g/mol. The van der Waals surface area contributed by atoms with Crippen molar-refractivity contribution in [1.29, 1.82) is 0 Å². The molecule has 0 aliphatic rings. The number of carbonyl (C=O) groups excluding carboxylic acids is 3. The van der Waals surface area contributed by atoms with Gasteiger partial charge in [0.25, 0.3) is 0 Å². The lowest BCUT2D eigenvalue weighted by atomic mass is 10.1. The lowest BCUT2D eigenvalue weighted by Crippen LogP contribution is -2.40. The van der Waals surface area contributed by atoms with E-state index >= 15 is 0 Å². The van der Waals surface area contributed by atoms with Gasteiger partial charge in [0, 0.05) is 6.42 Å². The van der Waals surface area contributed by atoms with E-state index in [1.165, 1.54) is 0 Å². The van der Waals surface area contributed by atoms with Crippen molar-refractivity contribution in [3.05, 3.63) is 0 Å². The number of rotatable bonds is 5. The summed E-state index contributed by atoms with van der Waals surface area (Å²) >= 11 is 0. The summed E-state index contributed by atoms with van der Waals surface area (Å²) in [6.07, 6.45) is 1.10. The number of alkyl carbamates (subject to hydrolysis) is 1. The van der Waals surface area contributed by atoms with Gasteiger partial charge in [-0.1, -0.05) is 0 Å². The topological polar surface area (TPSA) is 81.7 Å². The Kier molecular flexibility index (Phi) is 6.68. The van der Waals surface area contributed by atoms with Crippen molar-refractivity contribution in [2.75, 3.05) is 0 Å². The first-order chi connectivity index (χ1) is 8.93. The second kappa shape index (κ2) is 7.26. The average Bonchev–Trinajstić information content (AvgIpc) is 2.18. The van der Waals surface area contributed by atoms with Crippen LogP contribution in [0.5, 0.6) is 0 Å². The number of hydrogen-bond donors (Lipinski definition) is 1. The Bertz CT molecular complexity index is 352. The lowest BCUT2D eigenvalue weighted by Gasteiger charge is -2.22. The number of amides is 1. The summed E-state index contributed by atoms with van der Waals surface area (Å²) in [6.45, 7) is 10.4. The van der Waals surface area contributed by atoms with E-state index in [1.807, 2.05) is 0 Å². The smallest absolute Gasteiger partial charge is 0.408 e. The molecule has 0 saturated carbocycles. The third kappa shape index (κ3) is 10.3. The summed E-state index contributed by atoms with van der Waals surface area (Å²) < 4.78 is 10.1. The summed E-state index contributed by atoms with van der Waals surface area (Å²) in [5, 5.41) is 2.35. The molecule has 0 aromatic heterocycles. The summed E-state index contributed by atoms with van der Waals surface area (Å²) in [4.78, 5) is 33.7. The number of esters is 1. The van der Waals surface area contributed by atoms with E-state index in [0.29, 0.717) is 0 Å². The van der Waals surface area contributed by atoms with Crippen LogP contribution in [0.2, 0.25) is 0 Å². The second-order valence-electron chi connectivity index (χ2n) is 6.44. The van der Waals surface area contributed by atoms with Crippen molar-refractivity contribution in [2.24, 2.45) is 0 Å². The zero-order valence-electron chi connectivity index (χ0n) is 13.0. The van der Waals surface area contributed by atoms with Crippen LogP contribution in [0.1, 0.15) is 54.4 Å². The molecule has 0 bridgehead atoms. The van der Waals surface area contributed by atoms with E-state index in [0.717, 1.165) is 0 Å². The van der Waals surface area contributed by atoms with Crippen molar-refractivity contribution < 1.29 is 23.9 Å². The molecule has 6 nitrogen and oxygen atoms in total. The van der Waals surface area contributed by atoms with Gasteiger partial charge in [-0.3, -0.25) is 9.59 Å². The van der Waals surface area contributed by atoms with E-state index in [2.05, 4.69) is 5.32 Å². The van der Waals surface area contributed by atoms with Crippen molar-refractivity contribution in [1.82, 2.24) is 5.32 Å². The molecule has 0 fully saturated rings. The summed E-state index contributed by atoms with van der Waals surface area (Å²) in [7, 11) is 0. The fourth-order valence-electron chi connectivity index (χ4n) is 1.27. The van der Waals surface area contributed by atoms with Crippen LogP contribution >= 0.6 is 0 Å². The van der Waals surface area contributed by atoms with Crippen LogP contribution in [-0.2, 0) is 19.1 Å². The molecule has 0 aromatic carbocycles. The highest BCUT2D eigenvalue weighted by molar-refractivity contribution is 5.75. The SMILES string of the molecule is CC(C)(C)OC(=O)CCC([C]=O)NC(=O)OC(C)(C)C. The molecule has 20 heavy (non-hydrogen) atoms. The first-order valence-electron chi connectivity index (χ1n) is 6.52. The van der Waals surface area contributed by atoms with Gasteiger partial charge in [0.15, 0.2) is 0 Å². The Morgan fingerprint density at radius 2 is 1.55 bits per heavy atom. The third-order valence-electron chi connectivity index (χ3n) is 1.89. The lowest BCUT2D eigenvalue weighted by molar-refractivity contribution is -0.154. The van der Waals surface area contributed by atoms with E-state index in [9.17, 15) is 14.4 Å². The highest BCUT2D eigenvalue weighted by Gasteiger charge is 2.22. The Labute approximate surface area is 120 Å². The summed E-state index contributed by atoms with van der Waals surface area (Å²) in [5.74, 6) is -0.427. The van der Waals surface area contributed by atoms with E-state index in [4.69, 9.17) is 9.47 Å². The highest BCUT2D eigenvalue weighted by Crippen LogP contribution is 2.10. The molecule has 115 valence electrons. The minimum atomic E-state index is -0.891. The summed E-state index contributed by atoms with van der Waals surface area (Å²) in [5.41, 5.74) is -1.22. The maximum Gasteiger partial charge on any atom is 0.408 e. The normalized spacial score (nSPS) is 13.3. The molecule has 1 unspecified atom stereocenters. The first-order valence-corrected chi connectivity index (χ1v) is 6.52. The maximum atomic E-state index is 11.5. The molecule has 0 aromatic rings. The Balaban J connectivity index is 4.20. The van der Waals surface area contributed by atoms with E-state index < -0.39 is 29.3 Å². The molecule has 1 N–H and O–H groups in total. The molecule has 0 aliphatic carbocycles. The van der Waals surface area contributed by atoms with Gasteiger partial charge in [-0.2, -0.15) is 0 Å². The van der Waals surface area contributed by atoms with Crippen LogP contribution in [0.15, 0.2) is 0 Å². The predicted molar refractivity (Wildman–Crippen MR) is 73.9 cm³/mol. The summed E-state index contributed by atoms with van der Waals surface area (Å²) in [6, 6.07) is -0.891. The van der Waals surface area contributed by atoms with Gasteiger partial charge in [-0.15, -0.1) is 0 Å². The number of nitrogens with one attached hydrogen (secondary N) is 1. The Hall–Kier alpha value is -1.59. The minimum Gasteiger partial charge on any atom is -0.460 e. The molecular formula is C14H24NO5. The van der Waals surface area contributed by atoms with Crippen LogP contribution in [0.3, 0.4) is 0 Å². The standard InChI is InChI=1S/C14H24NO5/c1-13(2,3)19-11(17)8-7-10(9-16)15-12(18)20-14(4,5)6/h10H,7-8H2,1-6H3,(H,15,18). The minimum absolute atomic E-state index is 0.0208. The Morgan fingerprint density at radius 3 is 1.95 bits per heavy atom. The van der Waals surface area contributed by atoms with E-state index in [-0.39, 0.29) is 12.8 Å². The zero-order valence-corrected chi connectivity index (χ0v) is 13.0. The molecule has 1 amide bonds. The van der Waals surface area contributed by atoms with E-state index in [1.54, 1.807) is 47.8 Å². The van der Waals surface area contributed by atoms with Gasteiger partial charge in [0.1, 0.15) is 11.2 Å². The molecule has 0 spiro atoms. The number of ether oxygens (including phenoxy) is 2. The van der Waals surface area contributed by atoms with Crippen molar-refractivity contribution in [2.45, 2.75) is 71.6 Å². The second-order valence-corrected chi connectivity index (χ2v) is 6.44. The molecule has 1 atom stereocenters. The predicted octanol–water partition coefficient (Wildman–Crippen LogP) is 2.11. The molecule has 0 aliphatic heterocycles. The van der Waals surface area contributed by atoms with Gasteiger partial charge < -0.3 is 14.8 Å². The molecule has 6 heteroatoms. The van der Waals surface area contributed by atoms with Gasteiger partial charge in [-0.25, -0.2) is 4.79 Å². The molecule has 0 rings (SSSR count). The molecular weight excluding hydrogens is 262 g/mol. The molecule has 0 heterocycles. The van der Waals surface area contributed by atoms with Crippen LogP contribution in [0.4, 0.5) is 4.79 Å². The van der Waals surface area contributed by atoms with Crippen LogP contribution in [0.25, 0.3) is 0 Å². The van der Waals surface area contributed by atoms with Crippen molar-refractivity contribution >= 4 is 18.3 Å². The van der Waals surface area contributed by atoms with Crippen LogP contribution in [0, 0.1) is 0 Å². The molecule has 1 radical (unpaired) electrons. The van der Waals surface area contributed by atoms with Crippen molar-refractivity contribution in [3.8, 4) is 0 Å². The van der Waals surface area contributed by atoms with Crippen LogP contribution < -0.4 is 5.32 Å².